The van der Waals surface area contributed by atoms with Crippen LogP contribution < -0.4 is 10.5 Å². The van der Waals surface area contributed by atoms with Crippen molar-refractivity contribution in [3.8, 4) is 17.0 Å². The first-order valence-electron chi connectivity index (χ1n) is 11.3. The molecule has 1 unspecified atom stereocenters. The molecule has 2 heterocycles. The molecular formula is C26H29N2O4PS. The highest BCUT2D eigenvalue weighted by atomic mass is 32.7. The third kappa shape index (κ3) is 5.54. The molecule has 34 heavy (non-hydrogen) atoms. The third-order valence-electron chi connectivity index (χ3n) is 6.21. The number of carbonyl (C=O) groups excluding carboxylic acids is 1. The average Bonchev–Trinajstić information content (AvgIpc) is 2.86. The van der Waals surface area contributed by atoms with Gasteiger partial charge in [-0.25, -0.2) is 0 Å². The molecule has 8 heteroatoms. The Bertz CT molecular complexity index is 1160. The van der Waals surface area contributed by atoms with Crippen LogP contribution in [0.1, 0.15) is 18.4 Å². The monoisotopic (exact) mass is 496 g/mol. The van der Waals surface area contributed by atoms with Crippen LogP contribution in [-0.2, 0) is 20.5 Å². The van der Waals surface area contributed by atoms with E-state index < -0.39 is 17.4 Å². The molecule has 2 N–H and O–H groups in total. The molecule has 1 amide bonds. The van der Waals surface area contributed by atoms with Crippen molar-refractivity contribution in [3.63, 3.8) is 0 Å². The first kappa shape index (κ1) is 24.5. The van der Waals surface area contributed by atoms with Gasteiger partial charge in [0.25, 0.3) is 0 Å². The van der Waals surface area contributed by atoms with E-state index in [1.165, 1.54) is 16.9 Å². The van der Waals surface area contributed by atoms with E-state index in [-0.39, 0.29) is 0 Å². The van der Waals surface area contributed by atoms with E-state index in [9.17, 15) is 9.36 Å². The van der Waals surface area contributed by atoms with Crippen molar-refractivity contribution in [3.05, 3.63) is 78.5 Å². The van der Waals surface area contributed by atoms with Crippen molar-refractivity contribution < 1.29 is 18.8 Å². The topological polar surface area (TPSA) is 91.5 Å². The minimum atomic E-state index is -2.97. The largest absolute Gasteiger partial charge is 0.493 e. The number of benzene rings is 2. The zero-order chi connectivity index (χ0) is 24.0. The molecule has 0 bridgehead atoms. The van der Waals surface area contributed by atoms with Crippen LogP contribution in [-0.4, -0.2) is 42.5 Å². The van der Waals surface area contributed by atoms with Crippen molar-refractivity contribution in [2.24, 2.45) is 5.73 Å². The molecule has 6 nitrogen and oxygen atoms in total. The molecule has 1 aromatic heterocycles. The lowest BCUT2D eigenvalue weighted by molar-refractivity contribution is -0.122. The second kappa shape index (κ2) is 10.8. The van der Waals surface area contributed by atoms with E-state index in [0.717, 1.165) is 28.3 Å². The van der Waals surface area contributed by atoms with Crippen LogP contribution in [0.2, 0.25) is 0 Å². The van der Waals surface area contributed by atoms with Crippen LogP contribution in [0.25, 0.3) is 11.3 Å². The average molecular weight is 497 g/mol. The minimum Gasteiger partial charge on any atom is -0.493 e. The van der Waals surface area contributed by atoms with Gasteiger partial charge in [-0.3, -0.25) is 9.78 Å². The first-order valence-corrected chi connectivity index (χ1v) is 14.9. The highest BCUT2D eigenvalue weighted by molar-refractivity contribution is 8.58. The molecule has 0 saturated carbocycles. The molecule has 1 fully saturated rings. The number of amides is 1. The number of aromatic nitrogens is 1. The number of hydrogen-bond donors (Lipinski definition) is 1. The zero-order valence-corrected chi connectivity index (χ0v) is 20.9. The number of ether oxygens (including phenoxy) is 2. The lowest BCUT2D eigenvalue weighted by atomic mass is 9.98. The first-order chi connectivity index (χ1) is 16.4. The van der Waals surface area contributed by atoms with Gasteiger partial charge in [0.2, 0.25) is 5.91 Å². The smallest absolute Gasteiger partial charge is 0.232 e. The van der Waals surface area contributed by atoms with Crippen LogP contribution in [0.5, 0.6) is 5.75 Å². The number of hydrogen-bond acceptors (Lipinski definition) is 6. The summed E-state index contributed by atoms with van der Waals surface area (Å²) in [7, 11) is 0. The van der Waals surface area contributed by atoms with Gasteiger partial charge in [-0.1, -0.05) is 35.6 Å². The summed E-state index contributed by atoms with van der Waals surface area (Å²) in [6.07, 6.45) is 0.384. The van der Waals surface area contributed by atoms with Gasteiger partial charge in [-0.15, -0.1) is 0 Å². The van der Waals surface area contributed by atoms with Gasteiger partial charge in [0.15, 0.2) is 6.34 Å². The number of nitrogens with zero attached hydrogens (tertiary/aromatic N) is 1. The van der Waals surface area contributed by atoms with E-state index in [1.807, 2.05) is 48.5 Å². The van der Waals surface area contributed by atoms with Gasteiger partial charge in [0.1, 0.15) is 10.9 Å². The molecule has 0 aliphatic carbocycles. The Balaban J connectivity index is 1.35. The standard InChI is InChI=1S/C26H29N2O4PS/c1-33(30,26(25(27)29)13-17-31-18-14-26)34-23-10-8-22(9-11-23)32-16-12-20-5-4-6-21(19-20)24-7-2-3-15-28-24/h2-11,15,19H,12-14,16-18H2,1H3,(H2,27,29). The van der Waals surface area contributed by atoms with Crippen LogP contribution in [0.15, 0.2) is 77.8 Å². The van der Waals surface area contributed by atoms with Crippen LogP contribution >= 0.6 is 17.7 Å². The van der Waals surface area contributed by atoms with Crippen LogP contribution in [0.3, 0.4) is 0 Å². The van der Waals surface area contributed by atoms with E-state index in [1.54, 1.807) is 12.9 Å². The maximum atomic E-state index is 13.6. The lowest BCUT2D eigenvalue weighted by Gasteiger charge is -2.38. The summed E-state index contributed by atoms with van der Waals surface area (Å²) in [5.41, 5.74) is 8.92. The molecule has 1 saturated heterocycles. The summed E-state index contributed by atoms with van der Waals surface area (Å²) in [6, 6.07) is 21.7. The summed E-state index contributed by atoms with van der Waals surface area (Å²) >= 11 is 1.25. The second-order valence-electron chi connectivity index (χ2n) is 8.43. The molecule has 1 aliphatic rings. The van der Waals surface area contributed by atoms with E-state index in [4.69, 9.17) is 15.2 Å². The fourth-order valence-corrected chi connectivity index (χ4v) is 9.30. The molecule has 2 aromatic carbocycles. The van der Waals surface area contributed by atoms with E-state index in [0.29, 0.717) is 32.7 Å². The maximum Gasteiger partial charge on any atom is 0.232 e. The Morgan fingerprint density at radius 3 is 2.56 bits per heavy atom. The fraction of sp³-hybridized carbons (Fsp3) is 0.308. The molecule has 1 atom stereocenters. The Hall–Kier alpha value is -2.60. The molecule has 3 aromatic rings. The summed E-state index contributed by atoms with van der Waals surface area (Å²) in [5, 5.41) is -1.02. The van der Waals surface area contributed by atoms with Crippen molar-refractivity contribution in [1.29, 1.82) is 0 Å². The predicted molar refractivity (Wildman–Crippen MR) is 137 cm³/mol. The van der Waals surface area contributed by atoms with Crippen LogP contribution in [0, 0.1) is 0 Å². The molecular weight excluding hydrogens is 467 g/mol. The number of nitrogens with two attached hydrogens (primary N) is 1. The van der Waals surface area contributed by atoms with Gasteiger partial charge >= 0.3 is 0 Å². The Morgan fingerprint density at radius 1 is 1.12 bits per heavy atom. The quantitative estimate of drug-likeness (QED) is 0.399. The highest BCUT2D eigenvalue weighted by Crippen LogP contribution is 2.70. The lowest BCUT2D eigenvalue weighted by Crippen LogP contribution is -2.47. The normalized spacial score (nSPS) is 17.0. The molecule has 1 aliphatic heterocycles. The molecule has 0 radical (unpaired) electrons. The second-order valence-corrected chi connectivity index (χ2v) is 14.3. The van der Waals surface area contributed by atoms with Gasteiger partial charge in [0, 0.05) is 36.3 Å². The molecule has 178 valence electrons. The maximum absolute atomic E-state index is 13.6. The van der Waals surface area contributed by atoms with Gasteiger partial charge in [0.05, 0.1) is 12.3 Å². The van der Waals surface area contributed by atoms with Gasteiger partial charge in [-0.05, 0) is 67.5 Å². The highest BCUT2D eigenvalue weighted by Gasteiger charge is 2.51. The van der Waals surface area contributed by atoms with Crippen molar-refractivity contribution in [2.45, 2.75) is 29.3 Å². The molecule has 4 rings (SSSR count). The van der Waals surface area contributed by atoms with E-state index in [2.05, 4.69) is 23.2 Å². The van der Waals surface area contributed by atoms with Gasteiger partial charge in [-0.2, -0.15) is 0 Å². The van der Waals surface area contributed by atoms with Crippen molar-refractivity contribution in [1.82, 2.24) is 4.98 Å². The van der Waals surface area contributed by atoms with Crippen LogP contribution in [0.4, 0.5) is 0 Å². The Kier molecular flexibility index (Phi) is 7.77. The minimum absolute atomic E-state index is 0.395. The Labute approximate surface area is 204 Å². The van der Waals surface area contributed by atoms with E-state index >= 15 is 0 Å². The summed E-state index contributed by atoms with van der Waals surface area (Å²) < 4.78 is 24.9. The van der Waals surface area contributed by atoms with Crippen molar-refractivity contribution >= 4 is 23.6 Å². The number of primary amides is 1. The van der Waals surface area contributed by atoms with Crippen molar-refractivity contribution in [2.75, 3.05) is 26.5 Å². The fourth-order valence-electron chi connectivity index (χ4n) is 4.15. The number of carbonyl (C=O) groups is 1. The summed E-state index contributed by atoms with van der Waals surface area (Å²) in [4.78, 5) is 17.5. The third-order valence-corrected chi connectivity index (χ3v) is 12.0. The number of rotatable bonds is 9. The predicted octanol–water partition coefficient (Wildman–Crippen LogP) is 5.40. The SMILES string of the molecule is CP(=O)(Sc1ccc(OCCc2cccc(-c3ccccn3)c2)cc1)C1(C(N)=O)CCOCC1. The number of pyridine rings is 1. The Morgan fingerprint density at radius 2 is 1.88 bits per heavy atom. The molecule has 0 spiro atoms. The summed E-state index contributed by atoms with van der Waals surface area (Å²) in [5.74, 6) is 0.244. The zero-order valence-electron chi connectivity index (χ0n) is 19.2. The van der Waals surface area contributed by atoms with Gasteiger partial charge < -0.3 is 19.8 Å². The summed E-state index contributed by atoms with van der Waals surface area (Å²) in [6.45, 7) is 3.00.